The van der Waals surface area contributed by atoms with Gasteiger partial charge in [0.15, 0.2) is 10.8 Å². The summed E-state index contributed by atoms with van der Waals surface area (Å²) in [4.78, 5) is 0. The molecule has 1 fully saturated rings. The predicted octanol–water partition coefficient (Wildman–Crippen LogP) is 3.38. The lowest BCUT2D eigenvalue weighted by molar-refractivity contribution is 0.287. The number of aromatic nitrogens is 3. The van der Waals surface area contributed by atoms with Crippen LogP contribution in [0.2, 0.25) is 0 Å². The SMILES string of the molecule is CCCNC1C(Sc2nnc3ccccn23)CCC1(C)C. The number of nitrogens with one attached hydrogen (secondary N) is 1. The Balaban J connectivity index is 1.80. The fraction of sp³-hybridized carbons (Fsp3) is 0.625. The molecule has 2 unspecified atom stereocenters. The molecule has 1 N–H and O–H groups in total. The lowest BCUT2D eigenvalue weighted by Crippen LogP contribution is -2.43. The quantitative estimate of drug-likeness (QED) is 0.919. The summed E-state index contributed by atoms with van der Waals surface area (Å²) in [5, 5.41) is 14.0. The first-order valence-corrected chi connectivity index (χ1v) is 8.69. The molecule has 2 atom stereocenters. The molecular weight excluding hydrogens is 280 g/mol. The molecule has 0 radical (unpaired) electrons. The average molecular weight is 304 g/mol. The van der Waals surface area contributed by atoms with Crippen molar-refractivity contribution in [3.05, 3.63) is 24.4 Å². The molecule has 3 rings (SSSR count). The van der Waals surface area contributed by atoms with Crippen LogP contribution in [0.25, 0.3) is 5.65 Å². The molecule has 0 saturated heterocycles. The molecule has 0 aromatic carbocycles. The van der Waals surface area contributed by atoms with E-state index in [-0.39, 0.29) is 0 Å². The summed E-state index contributed by atoms with van der Waals surface area (Å²) >= 11 is 1.88. The van der Waals surface area contributed by atoms with Crippen LogP contribution in [0.5, 0.6) is 0 Å². The maximum Gasteiger partial charge on any atom is 0.195 e. The van der Waals surface area contributed by atoms with E-state index in [1.165, 1.54) is 19.3 Å². The van der Waals surface area contributed by atoms with E-state index in [2.05, 4.69) is 40.7 Å². The second-order valence-electron chi connectivity index (χ2n) is 6.53. The summed E-state index contributed by atoms with van der Waals surface area (Å²) in [7, 11) is 0. The van der Waals surface area contributed by atoms with E-state index in [1.807, 2.05) is 36.2 Å². The van der Waals surface area contributed by atoms with Gasteiger partial charge in [0.05, 0.1) is 0 Å². The third kappa shape index (κ3) is 2.94. The third-order valence-corrected chi connectivity index (χ3v) is 5.74. The van der Waals surface area contributed by atoms with Crippen LogP contribution in [0, 0.1) is 5.41 Å². The first kappa shape index (κ1) is 14.9. The fourth-order valence-electron chi connectivity index (χ4n) is 3.21. The third-order valence-electron chi connectivity index (χ3n) is 4.44. The molecular formula is C16H24N4S. The lowest BCUT2D eigenvalue weighted by atomic mass is 9.87. The first-order valence-electron chi connectivity index (χ1n) is 7.81. The lowest BCUT2D eigenvalue weighted by Gasteiger charge is -2.31. The van der Waals surface area contributed by atoms with Crippen molar-refractivity contribution in [3.8, 4) is 0 Å². The maximum atomic E-state index is 4.37. The Morgan fingerprint density at radius 3 is 3.05 bits per heavy atom. The van der Waals surface area contributed by atoms with Gasteiger partial charge in [-0.1, -0.05) is 38.6 Å². The van der Waals surface area contributed by atoms with Crippen LogP contribution in [0.15, 0.2) is 29.6 Å². The number of pyridine rings is 1. The fourth-order valence-corrected chi connectivity index (χ4v) is 4.67. The summed E-state index contributed by atoms with van der Waals surface area (Å²) in [6, 6.07) is 6.58. The van der Waals surface area contributed by atoms with Gasteiger partial charge >= 0.3 is 0 Å². The van der Waals surface area contributed by atoms with E-state index in [1.54, 1.807) is 0 Å². The standard InChI is InChI=1S/C16H24N4S/c1-4-10-17-14-12(8-9-16(14,2)3)21-15-19-18-13-7-5-6-11-20(13)15/h5-7,11-12,14,17H,4,8-10H2,1-3H3. The van der Waals surface area contributed by atoms with Crippen molar-refractivity contribution in [1.82, 2.24) is 19.9 Å². The van der Waals surface area contributed by atoms with Crippen LogP contribution in [-0.4, -0.2) is 32.4 Å². The van der Waals surface area contributed by atoms with Gasteiger partial charge in [-0.2, -0.15) is 0 Å². The van der Waals surface area contributed by atoms with Crippen molar-refractivity contribution >= 4 is 17.4 Å². The van der Waals surface area contributed by atoms with Crippen molar-refractivity contribution in [2.75, 3.05) is 6.54 Å². The minimum Gasteiger partial charge on any atom is -0.312 e. The van der Waals surface area contributed by atoms with Crippen LogP contribution in [0.1, 0.15) is 40.0 Å². The van der Waals surface area contributed by atoms with E-state index >= 15 is 0 Å². The Kier molecular flexibility index (Phi) is 4.22. The number of fused-ring (bicyclic) bond motifs is 1. The Bertz CT molecular complexity index is 607. The minimum absolute atomic E-state index is 0.354. The summed E-state index contributed by atoms with van der Waals surface area (Å²) in [6.45, 7) is 8.07. The van der Waals surface area contributed by atoms with E-state index in [0.29, 0.717) is 16.7 Å². The van der Waals surface area contributed by atoms with Crippen LogP contribution >= 0.6 is 11.8 Å². The van der Waals surface area contributed by atoms with Crippen molar-refractivity contribution < 1.29 is 0 Å². The van der Waals surface area contributed by atoms with Crippen molar-refractivity contribution in [1.29, 1.82) is 0 Å². The van der Waals surface area contributed by atoms with Gasteiger partial charge in [0.1, 0.15) is 0 Å². The molecule has 0 amide bonds. The van der Waals surface area contributed by atoms with Gasteiger partial charge < -0.3 is 5.32 Å². The van der Waals surface area contributed by atoms with E-state index in [0.717, 1.165) is 17.3 Å². The molecule has 2 aromatic rings. The summed E-state index contributed by atoms with van der Waals surface area (Å²) in [6.07, 6.45) is 5.73. The van der Waals surface area contributed by atoms with Gasteiger partial charge in [-0.3, -0.25) is 4.40 Å². The highest BCUT2D eigenvalue weighted by Crippen LogP contribution is 2.44. The summed E-state index contributed by atoms with van der Waals surface area (Å²) in [5.41, 5.74) is 1.28. The molecule has 5 heteroatoms. The van der Waals surface area contributed by atoms with E-state index in [9.17, 15) is 0 Å². The molecule has 0 aliphatic heterocycles. The van der Waals surface area contributed by atoms with Gasteiger partial charge in [0.25, 0.3) is 0 Å². The summed E-state index contributed by atoms with van der Waals surface area (Å²) in [5.74, 6) is 0. The van der Waals surface area contributed by atoms with Crippen LogP contribution < -0.4 is 5.32 Å². The zero-order valence-electron chi connectivity index (χ0n) is 13.0. The largest absolute Gasteiger partial charge is 0.312 e. The molecule has 2 aromatic heterocycles. The zero-order valence-corrected chi connectivity index (χ0v) is 13.9. The van der Waals surface area contributed by atoms with Crippen molar-refractivity contribution in [3.63, 3.8) is 0 Å². The summed E-state index contributed by atoms with van der Waals surface area (Å²) < 4.78 is 2.09. The number of hydrogen-bond donors (Lipinski definition) is 1. The molecule has 0 bridgehead atoms. The van der Waals surface area contributed by atoms with E-state index < -0.39 is 0 Å². The Labute approximate surface area is 130 Å². The van der Waals surface area contributed by atoms with E-state index in [4.69, 9.17) is 0 Å². The van der Waals surface area contributed by atoms with Crippen molar-refractivity contribution in [2.45, 2.75) is 56.5 Å². The topological polar surface area (TPSA) is 42.2 Å². The smallest absolute Gasteiger partial charge is 0.195 e. The Morgan fingerprint density at radius 2 is 2.24 bits per heavy atom. The van der Waals surface area contributed by atoms with Gasteiger partial charge in [0, 0.05) is 17.5 Å². The second-order valence-corrected chi connectivity index (χ2v) is 7.73. The molecule has 21 heavy (non-hydrogen) atoms. The number of thioether (sulfide) groups is 1. The molecule has 114 valence electrons. The minimum atomic E-state index is 0.354. The average Bonchev–Trinajstić information content (AvgIpc) is 3.00. The highest BCUT2D eigenvalue weighted by Gasteiger charge is 2.42. The van der Waals surface area contributed by atoms with Crippen LogP contribution in [0.4, 0.5) is 0 Å². The monoisotopic (exact) mass is 304 g/mol. The highest BCUT2D eigenvalue weighted by atomic mass is 32.2. The molecule has 0 spiro atoms. The second kappa shape index (κ2) is 5.97. The van der Waals surface area contributed by atoms with Crippen LogP contribution in [-0.2, 0) is 0 Å². The molecule has 2 heterocycles. The number of nitrogens with zero attached hydrogens (tertiary/aromatic N) is 3. The number of rotatable bonds is 5. The maximum absolute atomic E-state index is 4.37. The van der Waals surface area contributed by atoms with Gasteiger partial charge in [0.2, 0.25) is 0 Å². The number of hydrogen-bond acceptors (Lipinski definition) is 4. The predicted molar refractivity (Wildman–Crippen MR) is 87.7 cm³/mol. The Morgan fingerprint density at radius 1 is 1.38 bits per heavy atom. The zero-order chi connectivity index (χ0) is 14.9. The molecule has 1 saturated carbocycles. The first-order chi connectivity index (χ1) is 10.1. The normalized spacial score (nSPS) is 24.7. The van der Waals surface area contributed by atoms with Gasteiger partial charge in [-0.15, -0.1) is 10.2 Å². The molecule has 1 aliphatic carbocycles. The van der Waals surface area contributed by atoms with Gasteiger partial charge in [-0.25, -0.2) is 0 Å². The molecule has 1 aliphatic rings. The molecule has 4 nitrogen and oxygen atoms in total. The van der Waals surface area contributed by atoms with Crippen molar-refractivity contribution in [2.24, 2.45) is 5.41 Å². The highest BCUT2D eigenvalue weighted by molar-refractivity contribution is 7.99. The van der Waals surface area contributed by atoms with Gasteiger partial charge in [-0.05, 0) is 43.4 Å². The van der Waals surface area contributed by atoms with Crippen LogP contribution in [0.3, 0.4) is 0 Å². The Hall–Kier alpha value is -1.07.